The van der Waals surface area contributed by atoms with Gasteiger partial charge in [0.15, 0.2) is 18.1 Å². The van der Waals surface area contributed by atoms with E-state index in [4.69, 9.17) is 14.2 Å². The van der Waals surface area contributed by atoms with Crippen molar-refractivity contribution in [1.82, 2.24) is 0 Å². The third-order valence-corrected chi connectivity index (χ3v) is 4.95. The van der Waals surface area contributed by atoms with E-state index in [1.807, 2.05) is 73.7 Å². The van der Waals surface area contributed by atoms with Crippen molar-refractivity contribution in [1.29, 1.82) is 0 Å². The highest BCUT2D eigenvalue weighted by Gasteiger charge is 2.14. The molecule has 3 aromatic carbocycles. The molecule has 0 fully saturated rings. The molecule has 0 bridgehead atoms. The second-order valence-electron chi connectivity index (χ2n) is 6.62. The average Bonchev–Trinajstić information content (AvgIpc) is 2.78. The molecule has 6 nitrogen and oxygen atoms in total. The van der Waals surface area contributed by atoms with Crippen LogP contribution in [-0.4, -0.2) is 26.2 Å². The van der Waals surface area contributed by atoms with Crippen LogP contribution in [0.1, 0.15) is 12.5 Å². The van der Waals surface area contributed by atoms with Gasteiger partial charge in [-0.25, -0.2) is 0 Å². The molecule has 0 spiro atoms. The van der Waals surface area contributed by atoms with Crippen LogP contribution in [0.3, 0.4) is 0 Å². The van der Waals surface area contributed by atoms with Crippen LogP contribution in [-0.2, 0) is 11.3 Å². The molecule has 0 saturated heterocycles. The van der Waals surface area contributed by atoms with Crippen LogP contribution in [0.2, 0.25) is 0 Å². The second kappa shape index (κ2) is 11.3. The minimum Gasteiger partial charge on any atom is -0.497 e. The highest BCUT2D eigenvalue weighted by Crippen LogP contribution is 2.37. The standard InChI is InChI=1S/C24H25BrN2O4/c1-3-30-22-14-17(15-26-18-9-11-20(29-2)12-10-18)13-21(25)24(22)31-16-23(28)27-19-7-5-4-6-8-19/h4-14,26H,3,15-16H2,1-2H3,(H,27,28). The van der Waals surface area contributed by atoms with Crippen molar-refractivity contribution in [2.75, 3.05) is 31.0 Å². The quantitative estimate of drug-likeness (QED) is 0.398. The van der Waals surface area contributed by atoms with E-state index in [9.17, 15) is 4.79 Å². The maximum Gasteiger partial charge on any atom is 0.262 e. The molecular weight excluding hydrogens is 460 g/mol. The fraction of sp³-hybridized carbons (Fsp3) is 0.208. The van der Waals surface area contributed by atoms with Crippen molar-refractivity contribution in [2.24, 2.45) is 0 Å². The molecule has 2 N–H and O–H groups in total. The molecule has 3 aromatic rings. The summed E-state index contributed by atoms with van der Waals surface area (Å²) in [6.07, 6.45) is 0. The van der Waals surface area contributed by atoms with Gasteiger partial charge in [-0.3, -0.25) is 4.79 Å². The number of hydrogen-bond acceptors (Lipinski definition) is 5. The number of rotatable bonds is 10. The fourth-order valence-electron chi connectivity index (χ4n) is 2.90. The first-order valence-corrected chi connectivity index (χ1v) is 10.7. The highest BCUT2D eigenvalue weighted by atomic mass is 79.9. The van der Waals surface area contributed by atoms with Crippen molar-refractivity contribution in [2.45, 2.75) is 13.5 Å². The second-order valence-corrected chi connectivity index (χ2v) is 7.48. The van der Waals surface area contributed by atoms with Crippen molar-refractivity contribution < 1.29 is 19.0 Å². The molecule has 1 amide bonds. The van der Waals surface area contributed by atoms with Gasteiger partial charge in [-0.2, -0.15) is 0 Å². The number of anilines is 2. The van der Waals surface area contributed by atoms with Gasteiger partial charge in [0.05, 0.1) is 18.2 Å². The van der Waals surface area contributed by atoms with Gasteiger partial charge in [0.2, 0.25) is 0 Å². The van der Waals surface area contributed by atoms with E-state index in [1.165, 1.54) is 0 Å². The van der Waals surface area contributed by atoms with Gasteiger partial charge in [0.1, 0.15) is 5.75 Å². The molecule has 162 valence electrons. The minimum absolute atomic E-state index is 0.128. The number of benzene rings is 3. The predicted molar refractivity (Wildman–Crippen MR) is 126 cm³/mol. The maximum atomic E-state index is 12.2. The van der Waals surface area contributed by atoms with Crippen LogP contribution in [0.25, 0.3) is 0 Å². The minimum atomic E-state index is -0.245. The number of carbonyl (C=O) groups excluding carboxylic acids is 1. The monoisotopic (exact) mass is 484 g/mol. The van der Waals surface area contributed by atoms with Crippen LogP contribution in [0.5, 0.6) is 17.2 Å². The summed E-state index contributed by atoms with van der Waals surface area (Å²) in [4.78, 5) is 12.2. The van der Waals surface area contributed by atoms with Gasteiger partial charge >= 0.3 is 0 Å². The molecule has 0 aromatic heterocycles. The number of hydrogen-bond donors (Lipinski definition) is 2. The molecule has 0 unspecified atom stereocenters. The van der Waals surface area contributed by atoms with Crippen LogP contribution in [0, 0.1) is 0 Å². The number of amides is 1. The van der Waals surface area contributed by atoms with Crippen molar-refractivity contribution >= 4 is 33.2 Å². The fourth-order valence-corrected chi connectivity index (χ4v) is 3.50. The summed E-state index contributed by atoms with van der Waals surface area (Å²) in [5, 5.41) is 6.17. The average molecular weight is 485 g/mol. The summed E-state index contributed by atoms with van der Waals surface area (Å²) >= 11 is 3.55. The third kappa shape index (κ3) is 6.65. The topological polar surface area (TPSA) is 68.8 Å². The van der Waals surface area contributed by atoms with Crippen molar-refractivity contribution in [3.8, 4) is 17.2 Å². The molecule has 3 rings (SSSR count). The van der Waals surface area contributed by atoms with Gasteiger partial charge in [-0.15, -0.1) is 0 Å². The van der Waals surface area contributed by atoms with Crippen LogP contribution in [0.15, 0.2) is 71.2 Å². The van der Waals surface area contributed by atoms with Crippen LogP contribution >= 0.6 is 15.9 Å². The van der Waals surface area contributed by atoms with E-state index in [2.05, 4.69) is 26.6 Å². The van der Waals surface area contributed by atoms with E-state index in [1.54, 1.807) is 7.11 Å². The Bertz CT molecular complexity index is 994. The lowest BCUT2D eigenvalue weighted by Crippen LogP contribution is -2.20. The number of para-hydroxylation sites is 1. The Kier molecular flexibility index (Phi) is 8.18. The van der Waals surface area contributed by atoms with E-state index in [0.717, 1.165) is 27.2 Å². The van der Waals surface area contributed by atoms with Gasteiger partial charge in [0, 0.05) is 17.9 Å². The molecule has 0 atom stereocenters. The van der Waals surface area contributed by atoms with E-state index in [0.29, 0.717) is 24.7 Å². The maximum absolute atomic E-state index is 12.2. The Morgan fingerprint density at radius 2 is 1.71 bits per heavy atom. The molecule has 31 heavy (non-hydrogen) atoms. The van der Waals surface area contributed by atoms with E-state index < -0.39 is 0 Å². The zero-order chi connectivity index (χ0) is 22.1. The first-order valence-electron chi connectivity index (χ1n) is 9.90. The smallest absolute Gasteiger partial charge is 0.262 e. The molecule has 7 heteroatoms. The molecular formula is C24H25BrN2O4. The number of methoxy groups -OCH3 is 1. The van der Waals surface area contributed by atoms with Gasteiger partial charge in [-0.05, 0) is 76.9 Å². The summed E-state index contributed by atoms with van der Waals surface area (Å²) in [7, 11) is 1.64. The van der Waals surface area contributed by atoms with E-state index >= 15 is 0 Å². The third-order valence-electron chi connectivity index (χ3n) is 4.36. The number of nitrogens with one attached hydrogen (secondary N) is 2. The Labute approximate surface area is 190 Å². The Balaban J connectivity index is 1.65. The molecule has 0 aliphatic rings. The number of halogens is 1. The molecule has 0 radical (unpaired) electrons. The van der Waals surface area contributed by atoms with Gasteiger partial charge in [0.25, 0.3) is 5.91 Å². The summed E-state index contributed by atoms with van der Waals surface area (Å²) in [6.45, 7) is 2.85. The van der Waals surface area contributed by atoms with Crippen LogP contribution in [0.4, 0.5) is 11.4 Å². The lowest BCUT2D eigenvalue weighted by Gasteiger charge is -2.16. The largest absolute Gasteiger partial charge is 0.497 e. The molecule has 0 heterocycles. The predicted octanol–water partition coefficient (Wildman–Crippen LogP) is 5.49. The summed E-state index contributed by atoms with van der Waals surface area (Å²) in [5.74, 6) is 1.64. The first kappa shape index (κ1) is 22.5. The molecule has 0 saturated carbocycles. The van der Waals surface area contributed by atoms with Crippen LogP contribution < -0.4 is 24.8 Å². The first-order chi connectivity index (χ1) is 15.1. The zero-order valence-electron chi connectivity index (χ0n) is 17.5. The van der Waals surface area contributed by atoms with Crippen molar-refractivity contribution in [3.05, 3.63) is 76.8 Å². The number of ether oxygens (including phenoxy) is 3. The molecule has 0 aliphatic carbocycles. The lowest BCUT2D eigenvalue weighted by atomic mass is 10.2. The summed E-state index contributed by atoms with van der Waals surface area (Å²) < 4.78 is 17.4. The zero-order valence-corrected chi connectivity index (χ0v) is 19.1. The van der Waals surface area contributed by atoms with E-state index in [-0.39, 0.29) is 12.5 Å². The van der Waals surface area contributed by atoms with Gasteiger partial charge in [-0.1, -0.05) is 18.2 Å². The summed E-state index contributed by atoms with van der Waals surface area (Å²) in [5.41, 5.74) is 2.71. The highest BCUT2D eigenvalue weighted by molar-refractivity contribution is 9.10. The lowest BCUT2D eigenvalue weighted by molar-refractivity contribution is -0.118. The Morgan fingerprint density at radius 3 is 2.39 bits per heavy atom. The van der Waals surface area contributed by atoms with Crippen molar-refractivity contribution in [3.63, 3.8) is 0 Å². The Hall–Kier alpha value is -3.19. The number of carbonyl (C=O) groups is 1. The van der Waals surface area contributed by atoms with Gasteiger partial charge < -0.3 is 24.8 Å². The molecule has 0 aliphatic heterocycles. The normalized spacial score (nSPS) is 10.3. The Morgan fingerprint density at radius 1 is 0.968 bits per heavy atom. The SMILES string of the molecule is CCOc1cc(CNc2ccc(OC)cc2)cc(Br)c1OCC(=O)Nc1ccccc1. The summed E-state index contributed by atoms with van der Waals surface area (Å²) in [6, 6.07) is 20.8.